The fourth-order valence-electron chi connectivity index (χ4n) is 3.22. The number of amides is 1. The quantitative estimate of drug-likeness (QED) is 0.537. The fourth-order valence-corrected chi connectivity index (χ4v) is 3.75. The summed E-state index contributed by atoms with van der Waals surface area (Å²) < 4.78 is 0. The molecule has 0 aromatic heterocycles. The van der Waals surface area contributed by atoms with Crippen molar-refractivity contribution in [2.75, 3.05) is 13.7 Å². The van der Waals surface area contributed by atoms with E-state index in [0.717, 1.165) is 19.4 Å². The number of halogens is 2. The van der Waals surface area contributed by atoms with Gasteiger partial charge in [-0.2, -0.15) is 0 Å². The van der Waals surface area contributed by atoms with Crippen LogP contribution in [-0.4, -0.2) is 52.0 Å². The largest absolute Gasteiger partial charge is 0.280 e. The van der Waals surface area contributed by atoms with Crippen LogP contribution in [0.25, 0.3) is 0 Å². The van der Waals surface area contributed by atoms with Gasteiger partial charge in [-0.3, -0.25) is 14.5 Å². The summed E-state index contributed by atoms with van der Waals surface area (Å²) in [5.41, 5.74) is -0.317. The molecule has 3 atom stereocenters. The minimum Gasteiger partial charge on any atom is -0.280 e. The maximum absolute atomic E-state index is 11.9. The summed E-state index contributed by atoms with van der Waals surface area (Å²) in [7, 11) is 1.53. The van der Waals surface area contributed by atoms with Gasteiger partial charge in [-0.05, 0) is 12.8 Å². The molecule has 3 fully saturated rings. The topological polar surface area (TPSA) is 32.8 Å². The Balaban J connectivity index is 1.82. The van der Waals surface area contributed by atoms with Gasteiger partial charge in [-0.1, -0.05) is 0 Å². The molecular formula is C9H12Cl2N2O2. The summed E-state index contributed by atoms with van der Waals surface area (Å²) in [5, 5.41) is 1.47. The number of piperazine rings is 1. The molecule has 15 heavy (non-hydrogen) atoms. The van der Waals surface area contributed by atoms with Gasteiger partial charge in [-0.25, -0.2) is 5.06 Å². The second kappa shape index (κ2) is 3.00. The summed E-state index contributed by atoms with van der Waals surface area (Å²) in [6, 6.07) is 0.347. The third-order valence-electron chi connectivity index (χ3n) is 4.00. The standard InChI is InChI=1S/C9H12Cl2N2O2/c1-15-13-6-4-12-5(7(10)11)2-3-9(6,12)8(13)14/h5-7H,2-4H2,1H3. The van der Waals surface area contributed by atoms with E-state index in [4.69, 9.17) is 28.0 Å². The van der Waals surface area contributed by atoms with Crippen molar-refractivity contribution < 1.29 is 9.63 Å². The van der Waals surface area contributed by atoms with E-state index >= 15 is 0 Å². The van der Waals surface area contributed by atoms with Gasteiger partial charge in [0.1, 0.15) is 10.4 Å². The fraction of sp³-hybridized carbons (Fsp3) is 0.889. The van der Waals surface area contributed by atoms with Crippen LogP contribution in [-0.2, 0) is 9.63 Å². The summed E-state index contributed by atoms with van der Waals surface area (Å²) in [6.07, 6.45) is 1.76. The molecule has 6 heteroatoms. The van der Waals surface area contributed by atoms with Gasteiger partial charge < -0.3 is 0 Å². The summed E-state index contributed by atoms with van der Waals surface area (Å²) in [5.74, 6) is 0.0673. The Bertz CT molecular complexity index is 325. The monoisotopic (exact) mass is 250 g/mol. The lowest BCUT2D eigenvalue weighted by molar-refractivity contribution is -0.289. The van der Waals surface area contributed by atoms with Gasteiger partial charge in [0.15, 0.2) is 0 Å². The molecular weight excluding hydrogens is 239 g/mol. The van der Waals surface area contributed by atoms with E-state index in [1.807, 2.05) is 0 Å². The maximum Gasteiger partial charge on any atom is 0.269 e. The molecule has 84 valence electrons. The van der Waals surface area contributed by atoms with Crippen LogP contribution in [0.4, 0.5) is 0 Å². The number of β-lactam (4-membered cyclic amide) rings is 1. The molecule has 0 aromatic carbocycles. The number of hydrogen-bond acceptors (Lipinski definition) is 3. The highest BCUT2D eigenvalue weighted by molar-refractivity contribution is 6.44. The van der Waals surface area contributed by atoms with E-state index < -0.39 is 4.84 Å². The summed E-state index contributed by atoms with van der Waals surface area (Å²) in [4.78, 5) is 18.7. The third-order valence-corrected chi connectivity index (χ3v) is 4.58. The minimum atomic E-state index is -0.408. The molecule has 0 aromatic rings. The normalized spacial score (nSPS) is 43.7. The Morgan fingerprint density at radius 1 is 1.60 bits per heavy atom. The second-order valence-electron chi connectivity index (χ2n) is 4.35. The van der Waals surface area contributed by atoms with E-state index in [-0.39, 0.29) is 23.5 Å². The Morgan fingerprint density at radius 2 is 2.33 bits per heavy atom. The number of alkyl halides is 2. The molecule has 1 amide bonds. The number of hydrogen-bond donors (Lipinski definition) is 0. The molecule has 0 aliphatic carbocycles. The van der Waals surface area contributed by atoms with E-state index in [2.05, 4.69) is 4.90 Å². The highest BCUT2D eigenvalue weighted by Crippen LogP contribution is 2.55. The van der Waals surface area contributed by atoms with Crippen LogP contribution in [0, 0.1) is 0 Å². The molecule has 4 nitrogen and oxygen atoms in total. The van der Waals surface area contributed by atoms with Gasteiger partial charge in [0, 0.05) is 12.6 Å². The van der Waals surface area contributed by atoms with Crippen LogP contribution < -0.4 is 0 Å². The predicted molar refractivity (Wildman–Crippen MR) is 55.6 cm³/mol. The molecule has 0 bridgehead atoms. The van der Waals surface area contributed by atoms with Crippen molar-refractivity contribution in [3.05, 3.63) is 0 Å². The first kappa shape index (κ1) is 10.1. The predicted octanol–water partition coefficient (Wildman–Crippen LogP) is 0.779. The van der Waals surface area contributed by atoms with Crippen molar-refractivity contribution in [2.45, 2.75) is 35.3 Å². The molecule has 0 N–H and O–H groups in total. The van der Waals surface area contributed by atoms with E-state index in [1.165, 1.54) is 12.2 Å². The van der Waals surface area contributed by atoms with Gasteiger partial charge in [0.05, 0.1) is 13.2 Å². The molecule has 3 aliphatic rings. The number of carbonyl (C=O) groups is 1. The molecule has 3 rings (SSSR count). The zero-order chi connectivity index (χ0) is 10.8. The number of carbonyl (C=O) groups excluding carboxylic acids is 1. The SMILES string of the molecule is CON1C(=O)C23CCC(C(Cl)Cl)N2CC13. The van der Waals surface area contributed by atoms with Gasteiger partial charge >= 0.3 is 0 Å². The van der Waals surface area contributed by atoms with Crippen molar-refractivity contribution in [1.29, 1.82) is 0 Å². The first-order valence-corrected chi connectivity index (χ1v) is 5.93. The average Bonchev–Trinajstić information content (AvgIpc) is 2.52. The van der Waals surface area contributed by atoms with Crippen molar-refractivity contribution in [3.8, 4) is 0 Å². The third kappa shape index (κ3) is 0.947. The van der Waals surface area contributed by atoms with Crippen LogP contribution in [0.2, 0.25) is 0 Å². The van der Waals surface area contributed by atoms with E-state index in [0.29, 0.717) is 0 Å². The molecule has 0 radical (unpaired) electrons. The second-order valence-corrected chi connectivity index (χ2v) is 5.51. The first-order valence-electron chi connectivity index (χ1n) is 5.05. The summed E-state index contributed by atoms with van der Waals surface area (Å²) >= 11 is 11.8. The van der Waals surface area contributed by atoms with Crippen molar-refractivity contribution in [1.82, 2.24) is 9.96 Å². The Kier molecular flexibility index (Phi) is 2.03. The van der Waals surface area contributed by atoms with Gasteiger partial charge in [0.2, 0.25) is 0 Å². The average molecular weight is 251 g/mol. The molecule has 3 unspecified atom stereocenters. The lowest BCUT2D eigenvalue weighted by Crippen LogP contribution is -2.89. The Hall–Kier alpha value is -0.0300. The van der Waals surface area contributed by atoms with Crippen molar-refractivity contribution in [2.24, 2.45) is 0 Å². The van der Waals surface area contributed by atoms with Gasteiger partial charge in [-0.15, -0.1) is 23.2 Å². The Morgan fingerprint density at radius 3 is 2.87 bits per heavy atom. The van der Waals surface area contributed by atoms with Crippen LogP contribution in [0.3, 0.4) is 0 Å². The molecule has 3 heterocycles. The zero-order valence-corrected chi connectivity index (χ0v) is 9.83. The van der Waals surface area contributed by atoms with Crippen LogP contribution in [0.1, 0.15) is 12.8 Å². The van der Waals surface area contributed by atoms with E-state index in [1.54, 1.807) is 0 Å². The van der Waals surface area contributed by atoms with Crippen LogP contribution in [0.15, 0.2) is 0 Å². The smallest absolute Gasteiger partial charge is 0.269 e. The first-order chi connectivity index (χ1) is 7.13. The highest BCUT2D eigenvalue weighted by atomic mass is 35.5. The molecule has 3 saturated heterocycles. The minimum absolute atomic E-state index is 0.0673. The number of rotatable bonds is 2. The van der Waals surface area contributed by atoms with Crippen molar-refractivity contribution >= 4 is 29.1 Å². The van der Waals surface area contributed by atoms with Crippen LogP contribution >= 0.6 is 23.2 Å². The highest BCUT2D eigenvalue weighted by Gasteiger charge is 2.75. The van der Waals surface area contributed by atoms with E-state index in [9.17, 15) is 4.79 Å². The maximum atomic E-state index is 11.9. The molecule has 1 spiro atoms. The molecule has 3 aliphatic heterocycles. The lowest BCUT2D eigenvalue weighted by Gasteiger charge is -2.66. The van der Waals surface area contributed by atoms with Crippen LogP contribution in [0.5, 0.6) is 0 Å². The van der Waals surface area contributed by atoms with Crippen molar-refractivity contribution in [3.63, 3.8) is 0 Å². The number of hydroxylamine groups is 2. The number of nitrogens with zero attached hydrogens (tertiary/aromatic N) is 2. The Labute approximate surface area is 98.0 Å². The lowest BCUT2D eigenvalue weighted by atomic mass is 9.71. The summed E-state index contributed by atoms with van der Waals surface area (Å²) in [6.45, 7) is 0.834. The zero-order valence-electron chi connectivity index (χ0n) is 8.32. The molecule has 0 saturated carbocycles. The van der Waals surface area contributed by atoms with Gasteiger partial charge in [0.25, 0.3) is 5.91 Å².